The lowest BCUT2D eigenvalue weighted by Gasteiger charge is -2.17. The third kappa shape index (κ3) is 6.76. The predicted octanol–water partition coefficient (Wildman–Crippen LogP) is 3.50. The summed E-state index contributed by atoms with van der Waals surface area (Å²) in [6, 6.07) is 6.33. The van der Waals surface area contributed by atoms with Gasteiger partial charge in [-0.25, -0.2) is 9.59 Å². The maximum atomic E-state index is 11.9. The average Bonchev–Trinajstić information content (AvgIpc) is 2.52. The number of carbonyl (C=O) groups is 2. The molecule has 0 amide bonds. The molecule has 0 saturated heterocycles. The Labute approximate surface area is 144 Å². The molecule has 0 aliphatic rings. The van der Waals surface area contributed by atoms with Crippen LogP contribution in [0.1, 0.15) is 6.92 Å². The van der Waals surface area contributed by atoms with E-state index in [0.29, 0.717) is 16.3 Å². The first kappa shape index (κ1) is 19.1. The molecule has 0 heterocycles. The molecule has 124 valence electrons. The summed E-state index contributed by atoms with van der Waals surface area (Å²) in [7, 11) is 1.24. The maximum absolute atomic E-state index is 11.9. The van der Waals surface area contributed by atoms with Crippen molar-refractivity contribution in [2.24, 2.45) is 0 Å². The number of ether oxygens (including phenoxy) is 3. The van der Waals surface area contributed by atoms with Gasteiger partial charge in [0.1, 0.15) is 11.9 Å². The molecule has 7 heteroatoms. The molecular formula is C16H16Cl2O5. The van der Waals surface area contributed by atoms with Crippen molar-refractivity contribution in [3.63, 3.8) is 0 Å². The maximum Gasteiger partial charge on any atom is 0.364 e. The lowest BCUT2D eigenvalue weighted by atomic mass is 10.2. The number of rotatable bonds is 7. The minimum Gasteiger partial charge on any atom is -0.466 e. The second-order valence-electron chi connectivity index (χ2n) is 4.47. The summed E-state index contributed by atoms with van der Waals surface area (Å²) >= 11 is 11.6. The molecule has 1 rings (SSSR count). The molecule has 0 N–H and O–H groups in total. The van der Waals surface area contributed by atoms with E-state index in [1.54, 1.807) is 31.2 Å². The van der Waals surface area contributed by atoms with Crippen molar-refractivity contribution >= 4 is 35.1 Å². The van der Waals surface area contributed by atoms with Gasteiger partial charge in [0.2, 0.25) is 0 Å². The van der Waals surface area contributed by atoms with Crippen LogP contribution in [-0.4, -0.2) is 30.7 Å². The lowest BCUT2D eigenvalue weighted by Crippen LogP contribution is -2.28. The fraction of sp³-hybridized carbons (Fsp3) is 0.250. The van der Waals surface area contributed by atoms with E-state index in [4.69, 9.17) is 32.7 Å². The molecule has 1 aromatic rings. The van der Waals surface area contributed by atoms with Crippen LogP contribution in [0, 0.1) is 0 Å². The second-order valence-corrected chi connectivity index (χ2v) is 5.31. The predicted molar refractivity (Wildman–Crippen MR) is 87.6 cm³/mol. The summed E-state index contributed by atoms with van der Waals surface area (Å²) in [5.41, 5.74) is -0.849. The van der Waals surface area contributed by atoms with Crippen LogP contribution in [0.5, 0.6) is 5.75 Å². The Morgan fingerprint density at radius 2 is 1.87 bits per heavy atom. The molecule has 0 aliphatic carbocycles. The highest BCUT2D eigenvalue weighted by atomic mass is 35.5. The number of methoxy groups -OCH3 is 1. The number of alkyl halides is 1. The minimum atomic E-state index is -1.36. The summed E-state index contributed by atoms with van der Waals surface area (Å²) in [5.74, 6) is -1.03. The zero-order valence-electron chi connectivity index (χ0n) is 12.6. The Balaban J connectivity index is 2.66. The van der Waals surface area contributed by atoms with Gasteiger partial charge in [-0.05, 0) is 42.8 Å². The highest BCUT2D eigenvalue weighted by Crippen LogP contribution is 2.19. The van der Waals surface area contributed by atoms with Gasteiger partial charge in [-0.2, -0.15) is 0 Å². The van der Waals surface area contributed by atoms with E-state index in [-0.39, 0.29) is 0 Å². The van der Waals surface area contributed by atoms with Gasteiger partial charge in [-0.15, -0.1) is 0 Å². The molecule has 0 aromatic heterocycles. The number of esters is 2. The van der Waals surface area contributed by atoms with Crippen molar-refractivity contribution in [2.75, 3.05) is 7.11 Å². The number of carbonyl (C=O) groups excluding carboxylic acids is 2. The zero-order valence-corrected chi connectivity index (χ0v) is 14.1. The van der Waals surface area contributed by atoms with Crippen LogP contribution in [0.25, 0.3) is 0 Å². The highest BCUT2D eigenvalue weighted by Gasteiger charge is 2.22. The summed E-state index contributed by atoms with van der Waals surface area (Å²) in [6.45, 7) is 5.33. The van der Waals surface area contributed by atoms with E-state index >= 15 is 0 Å². The van der Waals surface area contributed by atoms with E-state index < -0.39 is 23.6 Å². The molecule has 2 unspecified atom stereocenters. The van der Waals surface area contributed by atoms with Crippen molar-refractivity contribution in [3.05, 3.63) is 53.6 Å². The van der Waals surface area contributed by atoms with Crippen molar-refractivity contribution in [1.29, 1.82) is 0 Å². The first-order chi connectivity index (χ1) is 10.8. The Morgan fingerprint density at radius 3 is 2.39 bits per heavy atom. The lowest BCUT2D eigenvalue weighted by molar-refractivity contribution is -0.150. The van der Waals surface area contributed by atoms with Gasteiger partial charge in [0.15, 0.2) is 0 Å². The van der Waals surface area contributed by atoms with Crippen LogP contribution in [-0.2, 0) is 19.1 Å². The Kier molecular flexibility index (Phi) is 7.65. The van der Waals surface area contributed by atoms with Crippen molar-refractivity contribution in [2.45, 2.75) is 18.6 Å². The van der Waals surface area contributed by atoms with Gasteiger partial charge < -0.3 is 14.2 Å². The van der Waals surface area contributed by atoms with Gasteiger partial charge in [0.25, 0.3) is 5.56 Å². The van der Waals surface area contributed by atoms with Crippen LogP contribution < -0.4 is 4.74 Å². The molecule has 0 spiro atoms. The van der Waals surface area contributed by atoms with Gasteiger partial charge in [-0.1, -0.05) is 29.8 Å². The van der Waals surface area contributed by atoms with Crippen LogP contribution in [0.3, 0.4) is 0 Å². The molecule has 23 heavy (non-hydrogen) atoms. The Morgan fingerprint density at radius 1 is 1.26 bits per heavy atom. The number of benzene rings is 1. The van der Waals surface area contributed by atoms with Gasteiger partial charge in [0.05, 0.1) is 7.11 Å². The van der Waals surface area contributed by atoms with E-state index in [0.717, 1.165) is 6.08 Å². The molecular weight excluding hydrogens is 343 g/mol. The van der Waals surface area contributed by atoms with Crippen LogP contribution in [0.2, 0.25) is 5.02 Å². The van der Waals surface area contributed by atoms with Crippen molar-refractivity contribution in [1.82, 2.24) is 0 Å². The van der Waals surface area contributed by atoms with E-state index in [1.807, 2.05) is 0 Å². The molecule has 0 bridgehead atoms. The summed E-state index contributed by atoms with van der Waals surface area (Å²) < 4.78 is 14.9. The van der Waals surface area contributed by atoms with Crippen molar-refractivity contribution in [3.8, 4) is 5.75 Å². The molecule has 0 fully saturated rings. The summed E-state index contributed by atoms with van der Waals surface area (Å²) in [4.78, 5) is 23.0. The molecule has 2 atom stereocenters. The molecule has 0 aliphatic heterocycles. The number of halogens is 2. The summed E-state index contributed by atoms with van der Waals surface area (Å²) in [5, 5.41) is 0.529. The second kappa shape index (κ2) is 9.22. The monoisotopic (exact) mass is 358 g/mol. The van der Waals surface area contributed by atoms with Gasteiger partial charge in [0, 0.05) is 11.1 Å². The third-order valence-corrected chi connectivity index (χ3v) is 3.09. The summed E-state index contributed by atoms with van der Waals surface area (Å²) in [6.07, 6.45) is 1.66. The largest absolute Gasteiger partial charge is 0.466 e. The number of hydrogen-bond acceptors (Lipinski definition) is 5. The van der Waals surface area contributed by atoms with Crippen LogP contribution in [0.15, 0.2) is 48.6 Å². The molecule has 0 saturated carbocycles. The number of hydrogen-bond donors (Lipinski definition) is 0. The quantitative estimate of drug-likeness (QED) is 0.323. The van der Waals surface area contributed by atoms with Crippen LogP contribution in [0.4, 0.5) is 0 Å². The van der Waals surface area contributed by atoms with Gasteiger partial charge in [-0.3, -0.25) is 0 Å². The molecule has 5 nitrogen and oxygen atoms in total. The third-order valence-electron chi connectivity index (χ3n) is 2.58. The fourth-order valence-corrected chi connectivity index (χ4v) is 1.68. The first-order valence-corrected chi connectivity index (χ1v) is 7.33. The average molecular weight is 359 g/mol. The molecule has 0 radical (unpaired) electrons. The van der Waals surface area contributed by atoms with E-state index in [1.165, 1.54) is 13.2 Å². The Hall–Kier alpha value is -1.98. The van der Waals surface area contributed by atoms with E-state index in [2.05, 4.69) is 11.3 Å². The molecule has 1 aromatic carbocycles. The topological polar surface area (TPSA) is 61.8 Å². The highest BCUT2D eigenvalue weighted by molar-refractivity contribution is 6.30. The smallest absolute Gasteiger partial charge is 0.364 e. The van der Waals surface area contributed by atoms with Crippen molar-refractivity contribution < 1.29 is 23.8 Å². The zero-order chi connectivity index (χ0) is 17.4. The fourth-order valence-electron chi connectivity index (χ4n) is 1.40. The van der Waals surface area contributed by atoms with Gasteiger partial charge >= 0.3 is 11.9 Å². The standard InChI is InChI=1S/C16H16Cl2O5/c1-10(2)13(8-9-14(19)21-3)23-16(20)15(18)22-12-6-4-11(17)5-7-12/h4-9,13,15H,1H2,2-3H3. The minimum absolute atomic E-state index is 0.364. The first-order valence-electron chi connectivity index (χ1n) is 6.52. The van der Waals surface area contributed by atoms with E-state index in [9.17, 15) is 9.59 Å². The van der Waals surface area contributed by atoms with Crippen LogP contribution >= 0.6 is 23.2 Å². The normalized spacial score (nSPS) is 13.2. The SMILES string of the molecule is C=C(C)C(C=CC(=O)OC)OC(=O)C(Cl)Oc1ccc(Cl)cc1. The Bertz CT molecular complexity index is 595.